The van der Waals surface area contributed by atoms with Crippen LogP contribution in [0.4, 0.5) is 0 Å². The first-order chi connectivity index (χ1) is 7.75. The van der Waals surface area contributed by atoms with Crippen molar-refractivity contribution < 1.29 is 4.79 Å². The number of hydrogen-bond acceptors (Lipinski definition) is 2. The summed E-state index contributed by atoms with van der Waals surface area (Å²) in [4.78, 5) is 12.4. The summed E-state index contributed by atoms with van der Waals surface area (Å²) in [5.74, 6) is 0.0324. The van der Waals surface area contributed by atoms with Gasteiger partial charge in [-0.3, -0.25) is 4.79 Å². The zero-order valence-electron chi connectivity index (χ0n) is 8.39. The Morgan fingerprint density at radius 3 is 2.56 bits per heavy atom. The van der Waals surface area contributed by atoms with E-state index in [2.05, 4.69) is 0 Å². The number of benzene rings is 1. The van der Waals surface area contributed by atoms with Gasteiger partial charge in [0.15, 0.2) is 5.78 Å². The van der Waals surface area contributed by atoms with Crippen molar-refractivity contribution >= 4 is 34.8 Å². The summed E-state index contributed by atoms with van der Waals surface area (Å²) in [6.07, 6.45) is 3.37. The molecule has 0 N–H and O–H groups in total. The predicted octanol–water partition coefficient (Wildman–Crippen LogP) is 4.30. The highest BCUT2D eigenvalue weighted by Gasteiger charge is 2.01. The van der Waals surface area contributed by atoms with Crippen molar-refractivity contribution in [1.29, 1.82) is 0 Å². The van der Waals surface area contributed by atoms with Crippen LogP contribution in [-0.4, -0.2) is 5.78 Å². The molecule has 0 spiro atoms. The second-order valence-electron chi connectivity index (χ2n) is 3.23. The van der Waals surface area contributed by atoms with Crippen molar-refractivity contribution in [2.24, 2.45) is 0 Å². The van der Waals surface area contributed by atoms with E-state index in [1.54, 1.807) is 24.3 Å². The van der Waals surface area contributed by atoms with Gasteiger partial charge in [0.05, 0.1) is 4.88 Å². The first-order valence-corrected chi connectivity index (χ1v) is 6.03. The first-order valence-electron chi connectivity index (χ1n) is 4.77. The van der Waals surface area contributed by atoms with Crippen LogP contribution in [0.1, 0.15) is 15.2 Å². The Balaban J connectivity index is 2.10. The third-order valence-corrected chi connectivity index (χ3v) is 3.20. The molecule has 0 aliphatic carbocycles. The molecule has 0 atom stereocenters. The highest BCUT2D eigenvalue weighted by Crippen LogP contribution is 2.13. The van der Waals surface area contributed by atoms with E-state index in [1.807, 2.05) is 29.6 Å². The quantitative estimate of drug-likeness (QED) is 0.585. The molecule has 0 fully saturated rings. The molecule has 0 unspecified atom stereocenters. The SMILES string of the molecule is O=C(/C=C/c1ccc(Cl)cc1)c1cccs1. The Bertz CT molecular complexity index is 497. The highest BCUT2D eigenvalue weighted by molar-refractivity contribution is 7.12. The van der Waals surface area contributed by atoms with Crippen molar-refractivity contribution in [3.8, 4) is 0 Å². The molecule has 1 nitrogen and oxygen atoms in total. The number of hydrogen-bond donors (Lipinski definition) is 0. The molecule has 0 aliphatic heterocycles. The average Bonchev–Trinajstić information content (AvgIpc) is 2.81. The van der Waals surface area contributed by atoms with Gasteiger partial charge in [-0.2, -0.15) is 0 Å². The maximum Gasteiger partial charge on any atom is 0.195 e. The van der Waals surface area contributed by atoms with E-state index in [0.29, 0.717) is 5.02 Å². The van der Waals surface area contributed by atoms with Gasteiger partial charge in [-0.1, -0.05) is 35.9 Å². The third-order valence-electron chi connectivity index (χ3n) is 2.06. The maximum absolute atomic E-state index is 11.6. The van der Waals surface area contributed by atoms with Gasteiger partial charge in [0.25, 0.3) is 0 Å². The normalized spacial score (nSPS) is 10.8. The van der Waals surface area contributed by atoms with E-state index >= 15 is 0 Å². The Labute approximate surface area is 103 Å². The van der Waals surface area contributed by atoms with Gasteiger partial charge in [-0.05, 0) is 35.2 Å². The minimum Gasteiger partial charge on any atom is -0.288 e. The average molecular weight is 249 g/mol. The van der Waals surface area contributed by atoms with Gasteiger partial charge in [0.2, 0.25) is 0 Å². The highest BCUT2D eigenvalue weighted by atomic mass is 35.5. The van der Waals surface area contributed by atoms with Crippen molar-refractivity contribution in [2.75, 3.05) is 0 Å². The van der Waals surface area contributed by atoms with Crippen LogP contribution in [0.15, 0.2) is 47.9 Å². The fourth-order valence-electron chi connectivity index (χ4n) is 1.25. The summed E-state index contributed by atoms with van der Waals surface area (Å²) in [5, 5.41) is 2.59. The lowest BCUT2D eigenvalue weighted by Crippen LogP contribution is -1.88. The fourth-order valence-corrected chi connectivity index (χ4v) is 2.02. The Hall–Kier alpha value is -1.38. The standard InChI is InChI=1S/C13H9ClOS/c14-11-6-3-10(4-7-11)5-8-12(15)13-2-1-9-16-13/h1-9H/b8-5+. The lowest BCUT2D eigenvalue weighted by molar-refractivity contribution is 0.105. The van der Waals surface area contributed by atoms with E-state index in [1.165, 1.54) is 11.3 Å². The second kappa shape index (κ2) is 5.10. The van der Waals surface area contributed by atoms with Gasteiger partial charge in [0, 0.05) is 5.02 Å². The summed E-state index contributed by atoms with van der Waals surface area (Å²) in [7, 11) is 0. The summed E-state index contributed by atoms with van der Waals surface area (Å²) in [6, 6.07) is 11.0. The number of carbonyl (C=O) groups is 1. The molecule has 0 radical (unpaired) electrons. The molecule has 2 aromatic rings. The van der Waals surface area contributed by atoms with Crippen molar-refractivity contribution in [3.63, 3.8) is 0 Å². The zero-order chi connectivity index (χ0) is 11.4. The van der Waals surface area contributed by atoms with Gasteiger partial charge in [-0.15, -0.1) is 11.3 Å². The lowest BCUT2D eigenvalue weighted by atomic mass is 10.2. The fraction of sp³-hybridized carbons (Fsp3) is 0. The number of halogens is 1. The molecule has 16 heavy (non-hydrogen) atoms. The molecule has 2 rings (SSSR count). The van der Waals surface area contributed by atoms with Gasteiger partial charge >= 0.3 is 0 Å². The van der Waals surface area contributed by atoms with Crippen molar-refractivity contribution in [2.45, 2.75) is 0 Å². The predicted molar refractivity (Wildman–Crippen MR) is 69.1 cm³/mol. The number of carbonyl (C=O) groups excluding carboxylic acids is 1. The molecular formula is C13H9ClOS. The Morgan fingerprint density at radius 2 is 1.94 bits per heavy atom. The number of thiophene rings is 1. The van der Waals surface area contributed by atoms with E-state index < -0.39 is 0 Å². The maximum atomic E-state index is 11.6. The minimum atomic E-state index is 0.0324. The van der Waals surface area contributed by atoms with Crippen molar-refractivity contribution in [1.82, 2.24) is 0 Å². The smallest absolute Gasteiger partial charge is 0.195 e. The Morgan fingerprint density at radius 1 is 1.19 bits per heavy atom. The van der Waals surface area contributed by atoms with E-state index in [0.717, 1.165) is 10.4 Å². The van der Waals surface area contributed by atoms with Crippen LogP contribution >= 0.6 is 22.9 Å². The van der Waals surface area contributed by atoms with E-state index in [4.69, 9.17) is 11.6 Å². The van der Waals surface area contributed by atoms with Crippen LogP contribution in [-0.2, 0) is 0 Å². The van der Waals surface area contributed by atoms with E-state index in [9.17, 15) is 4.79 Å². The number of rotatable bonds is 3. The van der Waals surface area contributed by atoms with Gasteiger partial charge < -0.3 is 0 Å². The molecule has 1 heterocycles. The molecule has 0 saturated heterocycles. The molecule has 0 amide bonds. The largest absolute Gasteiger partial charge is 0.288 e. The molecule has 80 valence electrons. The molecular weight excluding hydrogens is 240 g/mol. The monoisotopic (exact) mass is 248 g/mol. The van der Waals surface area contributed by atoms with Crippen LogP contribution in [0.5, 0.6) is 0 Å². The van der Waals surface area contributed by atoms with Crippen LogP contribution < -0.4 is 0 Å². The summed E-state index contributed by atoms with van der Waals surface area (Å²) < 4.78 is 0. The first kappa shape index (κ1) is 11.1. The number of allylic oxidation sites excluding steroid dienone is 1. The second-order valence-corrected chi connectivity index (χ2v) is 4.61. The van der Waals surface area contributed by atoms with Crippen LogP contribution in [0, 0.1) is 0 Å². The minimum absolute atomic E-state index is 0.0324. The van der Waals surface area contributed by atoms with Crippen molar-refractivity contribution in [3.05, 3.63) is 63.3 Å². The van der Waals surface area contributed by atoms with Gasteiger partial charge in [0.1, 0.15) is 0 Å². The van der Waals surface area contributed by atoms with Crippen LogP contribution in [0.25, 0.3) is 6.08 Å². The lowest BCUT2D eigenvalue weighted by Gasteiger charge is -1.93. The number of ketones is 1. The van der Waals surface area contributed by atoms with E-state index in [-0.39, 0.29) is 5.78 Å². The molecule has 3 heteroatoms. The summed E-state index contributed by atoms with van der Waals surface area (Å²) in [5.41, 5.74) is 0.967. The zero-order valence-corrected chi connectivity index (χ0v) is 9.96. The topological polar surface area (TPSA) is 17.1 Å². The summed E-state index contributed by atoms with van der Waals surface area (Å²) in [6.45, 7) is 0. The summed E-state index contributed by atoms with van der Waals surface area (Å²) >= 11 is 7.21. The third kappa shape index (κ3) is 2.81. The molecule has 0 saturated carbocycles. The Kier molecular flexibility index (Phi) is 3.54. The molecule has 1 aromatic carbocycles. The van der Waals surface area contributed by atoms with Gasteiger partial charge in [-0.25, -0.2) is 0 Å². The molecule has 1 aromatic heterocycles. The molecule has 0 aliphatic rings. The van der Waals surface area contributed by atoms with Crippen LogP contribution in [0.2, 0.25) is 5.02 Å². The molecule has 0 bridgehead atoms. The van der Waals surface area contributed by atoms with Crippen LogP contribution in [0.3, 0.4) is 0 Å².